The Hall–Kier alpha value is -0.0400. The van der Waals surface area contributed by atoms with Crippen molar-refractivity contribution in [3.05, 3.63) is 0 Å². The molecule has 0 heterocycles. The van der Waals surface area contributed by atoms with Crippen LogP contribution < -0.4 is 0 Å². The quantitative estimate of drug-likeness (QED) is 0.564. The lowest BCUT2D eigenvalue weighted by Crippen LogP contribution is -2.72. The summed E-state index contributed by atoms with van der Waals surface area (Å²) in [4.78, 5) is 2.42. The Morgan fingerprint density at radius 2 is 1.70 bits per heavy atom. The van der Waals surface area contributed by atoms with Gasteiger partial charge < -0.3 is 4.90 Å². The molecular formula is C9H17N. The van der Waals surface area contributed by atoms with Gasteiger partial charge in [-0.05, 0) is 38.8 Å². The van der Waals surface area contributed by atoms with Crippen molar-refractivity contribution < 1.29 is 0 Å². The van der Waals surface area contributed by atoms with Crippen molar-refractivity contribution >= 4 is 0 Å². The molecule has 2 bridgehead atoms. The Morgan fingerprint density at radius 1 is 1.20 bits per heavy atom. The largest absolute Gasteiger partial charge is 0.304 e. The van der Waals surface area contributed by atoms with E-state index in [4.69, 9.17) is 0 Å². The summed E-state index contributed by atoms with van der Waals surface area (Å²) in [6.45, 7) is 2.33. The third-order valence-corrected chi connectivity index (χ3v) is 3.81. The van der Waals surface area contributed by atoms with E-state index in [1.165, 1.54) is 25.7 Å². The number of hydrogen-bond donors (Lipinski definition) is 0. The minimum atomic E-state index is 0.663. The van der Waals surface area contributed by atoms with Crippen molar-refractivity contribution in [3.63, 3.8) is 0 Å². The molecule has 3 saturated carbocycles. The summed E-state index contributed by atoms with van der Waals surface area (Å²) in [6.07, 6.45) is 5.83. The second kappa shape index (κ2) is 1.58. The lowest BCUT2D eigenvalue weighted by molar-refractivity contribution is -0.207. The van der Waals surface area contributed by atoms with Gasteiger partial charge in [0.1, 0.15) is 0 Å². The van der Waals surface area contributed by atoms with Crippen molar-refractivity contribution in [3.8, 4) is 0 Å². The molecule has 0 radical (unpaired) electrons. The summed E-state index contributed by atoms with van der Waals surface area (Å²) in [5, 5.41) is 0. The zero-order valence-corrected chi connectivity index (χ0v) is 7.28. The van der Waals surface area contributed by atoms with Gasteiger partial charge in [0.15, 0.2) is 0 Å². The molecule has 58 valence electrons. The molecule has 0 N–H and O–H groups in total. The fraction of sp³-hybridized carbons (Fsp3) is 1.00. The molecular weight excluding hydrogens is 122 g/mol. The molecule has 0 aromatic carbocycles. The van der Waals surface area contributed by atoms with Crippen LogP contribution in [0, 0.1) is 5.41 Å². The van der Waals surface area contributed by atoms with E-state index in [9.17, 15) is 0 Å². The van der Waals surface area contributed by atoms with E-state index in [1.807, 2.05) is 0 Å². The average molecular weight is 139 g/mol. The van der Waals surface area contributed by atoms with Crippen molar-refractivity contribution in [2.75, 3.05) is 14.1 Å². The van der Waals surface area contributed by atoms with Gasteiger partial charge >= 0.3 is 0 Å². The minimum absolute atomic E-state index is 0.663. The molecule has 1 nitrogen and oxygen atoms in total. The summed E-state index contributed by atoms with van der Waals surface area (Å²) >= 11 is 0. The van der Waals surface area contributed by atoms with Crippen LogP contribution in [0.25, 0.3) is 0 Å². The topological polar surface area (TPSA) is 3.24 Å². The van der Waals surface area contributed by atoms with Gasteiger partial charge in [0.05, 0.1) is 0 Å². The van der Waals surface area contributed by atoms with Gasteiger partial charge in [-0.25, -0.2) is 0 Å². The molecule has 10 heavy (non-hydrogen) atoms. The zero-order valence-electron chi connectivity index (χ0n) is 7.28. The van der Waals surface area contributed by atoms with Crippen LogP contribution >= 0.6 is 0 Å². The Balaban J connectivity index is 1.98. The van der Waals surface area contributed by atoms with Gasteiger partial charge in [-0.1, -0.05) is 13.3 Å². The normalized spacial score (nSPS) is 50.4. The highest BCUT2D eigenvalue weighted by molar-refractivity contribution is 5.22. The van der Waals surface area contributed by atoms with Gasteiger partial charge in [0, 0.05) is 5.54 Å². The fourth-order valence-corrected chi connectivity index (χ4v) is 2.79. The number of hydrogen-bond acceptors (Lipinski definition) is 1. The van der Waals surface area contributed by atoms with Crippen LogP contribution in [0.1, 0.15) is 32.6 Å². The summed E-state index contributed by atoms with van der Waals surface area (Å²) in [6, 6.07) is 0. The predicted octanol–water partition coefficient (Wildman–Crippen LogP) is 1.88. The van der Waals surface area contributed by atoms with Crippen molar-refractivity contribution in [1.82, 2.24) is 4.90 Å². The molecule has 3 fully saturated rings. The molecule has 0 aromatic rings. The summed E-state index contributed by atoms with van der Waals surface area (Å²) < 4.78 is 0. The summed E-state index contributed by atoms with van der Waals surface area (Å²) in [5.41, 5.74) is 1.47. The van der Waals surface area contributed by atoms with E-state index >= 15 is 0 Å². The first-order valence-electron chi connectivity index (χ1n) is 4.30. The van der Waals surface area contributed by atoms with Crippen LogP contribution in [-0.4, -0.2) is 24.5 Å². The van der Waals surface area contributed by atoms with Gasteiger partial charge in [-0.2, -0.15) is 0 Å². The number of rotatable bonds is 2. The maximum Gasteiger partial charge on any atom is 0.0219 e. The van der Waals surface area contributed by atoms with Crippen molar-refractivity contribution in [2.45, 2.75) is 38.1 Å². The maximum atomic E-state index is 2.42. The summed E-state index contributed by atoms with van der Waals surface area (Å²) in [5.74, 6) is 0. The highest BCUT2D eigenvalue weighted by Gasteiger charge is 2.67. The van der Waals surface area contributed by atoms with E-state index in [-0.39, 0.29) is 0 Å². The standard InChI is InChI=1S/C9H17N/c1-4-8-5-9(6-8,7-8)10(2)3/h4-7H2,1-3H3. The average Bonchev–Trinajstić information content (AvgIpc) is 1.57. The van der Waals surface area contributed by atoms with E-state index in [0.29, 0.717) is 5.54 Å². The van der Waals surface area contributed by atoms with Crippen LogP contribution in [0.4, 0.5) is 0 Å². The minimum Gasteiger partial charge on any atom is -0.304 e. The van der Waals surface area contributed by atoms with Crippen LogP contribution in [0.5, 0.6) is 0 Å². The lowest BCUT2D eigenvalue weighted by Gasteiger charge is -2.73. The Morgan fingerprint density at radius 3 is 2.00 bits per heavy atom. The summed E-state index contributed by atoms with van der Waals surface area (Å²) in [7, 11) is 4.44. The highest BCUT2D eigenvalue weighted by atomic mass is 15.2. The molecule has 3 aliphatic carbocycles. The van der Waals surface area contributed by atoms with E-state index < -0.39 is 0 Å². The molecule has 1 heteroatoms. The Kier molecular flexibility index (Phi) is 1.05. The van der Waals surface area contributed by atoms with Crippen molar-refractivity contribution in [1.29, 1.82) is 0 Å². The molecule has 0 spiro atoms. The van der Waals surface area contributed by atoms with E-state index in [0.717, 1.165) is 5.41 Å². The first-order chi connectivity index (χ1) is 4.63. The van der Waals surface area contributed by atoms with Gasteiger partial charge in [-0.3, -0.25) is 0 Å². The molecule has 3 aliphatic rings. The molecule has 0 unspecified atom stereocenters. The molecule has 3 rings (SSSR count). The van der Waals surface area contributed by atoms with Crippen LogP contribution in [0.15, 0.2) is 0 Å². The van der Waals surface area contributed by atoms with Crippen LogP contribution in [0.3, 0.4) is 0 Å². The van der Waals surface area contributed by atoms with E-state index in [2.05, 4.69) is 25.9 Å². The molecule has 0 aliphatic heterocycles. The van der Waals surface area contributed by atoms with Crippen LogP contribution in [0.2, 0.25) is 0 Å². The third-order valence-electron chi connectivity index (χ3n) is 3.81. The second-order valence-corrected chi connectivity index (χ2v) is 4.50. The zero-order chi connectivity index (χ0) is 7.41. The predicted molar refractivity (Wildman–Crippen MR) is 43.0 cm³/mol. The second-order valence-electron chi connectivity index (χ2n) is 4.50. The first kappa shape index (κ1) is 6.66. The Bertz CT molecular complexity index is 140. The molecule has 0 atom stereocenters. The lowest BCUT2D eigenvalue weighted by atomic mass is 9.38. The van der Waals surface area contributed by atoms with Gasteiger partial charge in [0.25, 0.3) is 0 Å². The molecule has 0 saturated heterocycles. The third kappa shape index (κ3) is 0.531. The van der Waals surface area contributed by atoms with Gasteiger partial charge in [-0.15, -0.1) is 0 Å². The maximum absolute atomic E-state index is 2.42. The van der Waals surface area contributed by atoms with E-state index in [1.54, 1.807) is 0 Å². The Labute approximate surface area is 63.4 Å². The fourth-order valence-electron chi connectivity index (χ4n) is 2.79. The van der Waals surface area contributed by atoms with Gasteiger partial charge in [0.2, 0.25) is 0 Å². The van der Waals surface area contributed by atoms with Crippen molar-refractivity contribution in [2.24, 2.45) is 5.41 Å². The van der Waals surface area contributed by atoms with Crippen LogP contribution in [-0.2, 0) is 0 Å². The molecule has 0 aromatic heterocycles. The molecule has 0 amide bonds. The SMILES string of the molecule is CCC12CC(N(C)C)(C1)C2. The smallest absolute Gasteiger partial charge is 0.0219 e. The highest BCUT2D eigenvalue weighted by Crippen LogP contribution is 2.70. The first-order valence-corrected chi connectivity index (χ1v) is 4.30. The monoisotopic (exact) mass is 139 g/mol. The number of nitrogens with zero attached hydrogens (tertiary/aromatic N) is 1.